The lowest BCUT2D eigenvalue weighted by molar-refractivity contribution is 0.0256. The minimum absolute atomic E-state index is 0.144. The van der Waals surface area contributed by atoms with Crippen molar-refractivity contribution in [1.29, 1.82) is 5.41 Å². The van der Waals surface area contributed by atoms with E-state index in [0.29, 0.717) is 10.8 Å². The second-order valence-electron chi connectivity index (χ2n) is 7.04. The summed E-state index contributed by atoms with van der Waals surface area (Å²) in [5, 5.41) is 9.22. The molecule has 0 radical (unpaired) electrons. The number of aromatic nitrogens is 2. The molecule has 7 heteroatoms. The van der Waals surface area contributed by atoms with Gasteiger partial charge < -0.3 is 19.9 Å². The van der Waals surface area contributed by atoms with E-state index in [1.54, 1.807) is 19.5 Å². The average Bonchev–Trinajstić information content (AvgIpc) is 3.17. The third-order valence-electron chi connectivity index (χ3n) is 5.13. The van der Waals surface area contributed by atoms with E-state index in [2.05, 4.69) is 15.0 Å². The second-order valence-corrected chi connectivity index (χ2v) is 7.45. The largest absolute Gasteiger partial charge is 0.489 e. The molecule has 150 valence electrons. The molecule has 2 aromatic heterocycles. The number of nitrogens with one attached hydrogen (secondary N) is 2. The molecule has 4 rings (SSSR count). The molecule has 1 unspecified atom stereocenters. The normalized spacial score (nSPS) is 16.3. The van der Waals surface area contributed by atoms with Crippen LogP contribution in [0.4, 0.5) is 0 Å². The molecule has 0 amide bonds. The van der Waals surface area contributed by atoms with E-state index >= 15 is 0 Å². The molecule has 1 aliphatic rings. The first-order valence-electron chi connectivity index (χ1n) is 9.64. The quantitative estimate of drug-likeness (QED) is 0.568. The lowest BCUT2D eigenvalue weighted by Gasteiger charge is -2.23. The smallest absolute Gasteiger partial charge is 0.138 e. The first kappa shape index (κ1) is 19.6. The van der Waals surface area contributed by atoms with Crippen molar-refractivity contribution < 1.29 is 9.47 Å². The third-order valence-corrected chi connectivity index (χ3v) is 5.43. The van der Waals surface area contributed by atoms with Crippen molar-refractivity contribution in [3.8, 4) is 16.9 Å². The molecule has 1 fully saturated rings. The van der Waals surface area contributed by atoms with Crippen molar-refractivity contribution >= 4 is 35.1 Å². The van der Waals surface area contributed by atoms with Gasteiger partial charge in [-0.25, -0.2) is 4.98 Å². The highest BCUT2D eigenvalue weighted by Crippen LogP contribution is 2.35. The van der Waals surface area contributed by atoms with Gasteiger partial charge in [-0.15, -0.1) is 0 Å². The molecule has 3 heterocycles. The molecule has 1 aliphatic heterocycles. The number of H-pyrrole nitrogens is 1. The summed E-state index contributed by atoms with van der Waals surface area (Å²) < 4.78 is 11.4. The van der Waals surface area contributed by atoms with Crippen LogP contribution in [-0.2, 0) is 4.74 Å². The number of pyridine rings is 1. The maximum atomic E-state index is 7.66. The van der Waals surface area contributed by atoms with E-state index < -0.39 is 0 Å². The van der Waals surface area contributed by atoms with Gasteiger partial charge in [0.05, 0.1) is 24.2 Å². The van der Waals surface area contributed by atoms with Gasteiger partial charge in [0.15, 0.2) is 0 Å². The number of hydrogen-bond acceptors (Lipinski definition) is 5. The predicted molar refractivity (Wildman–Crippen MR) is 117 cm³/mol. The highest BCUT2D eigenvalue weighted by atomic mass is 35.5. The Hall–Kier alpha value is -2.70. The summed E-state index contributed by atoms with van der Waals surface area (Å²) in [5.41, 5.74) is 3.70. The highest BCUT2D eigenvalue weighted by molar-refractivity contribution is 6.32. The van der Waals surface area contributed by atoms with Crippen LogP contribution in [0.15, 0.2) is 41.7 Å². The molecule has 6 nitrogen and oxygen atoms in total. The Labute approximate surface area is 174 Å². The van der Waals surface area contributed by atoms with Crippen LogP contribution in [0.5, 0.6) is 5.75 Å². The molecule has 1 saturated heterocycles. The lowest BCUT2D eigenvalue weighted by atomic mass is 10.00. The monoisotopic (exact) mass is 410 g/mol. The van der Waals surface area contributed by atoms with E-state index in [1.165, 1.54) is 6.21 Å². The van der Waals surface area contributed by atoms with Crippen molar-refractivity contribution in [3.63, 3.8) is 0 Å². The Kier molecular flexibility index (Phi) is 5.92. The van der Waals surface area contributed by atoms with Crippen molar-refractivity contribution in [3.05, 3.63) is 47.2 Å². The second kappa shape index (κ2) is 8.76. The van der Waals surface area contributed by atoms with E-state index in [4.69, 9.17) is 26.5 Å². The topological polar surface area (TPSA) is 83.4 Å². The molecule has 0 aliphatic carbocycles. The SMILES string of the molecule is CN=CC(C=N)c1cnc2[nH]cc(-c3ccc(OC4CCOCC4)c(Cl)c3)c2c1. The minimum Gasteiger partial charge on any atom is -0.489 e. The molecule has 2 N–H and O–H groups in total. The van der Waals surface area contributed by atoms with E-state index in [1.807, 2.05) is 30.5 Å². The summed E-state index contributed by atoms with van der Waals surface area (Å²) in [6.07, 6.45) is 8.71. The first-order chi connectivity index (χ1) is 14.2. The highest BCUT2D eigenvalue weighted by Gasteiger charge is 2.18. The number of fused-ring (bicyclic) bond motifs is 1. The molecule has 1 aromatic carbocycles. The lowest BCUT2D eigenvalue weighted by Crippen LogP contribution is -2.25. The number of nitrogens with zero attached hydrogens (tertiary/aromatic N) is 2. The molecule has 0 spiro atoms. The van der Waals surface area contributed by atoms with Crippen molar-refractivity contribution in [2.45, 2.75) is 24.9 Å². The number of aromatic amines is 1. The van der Waals surface area contributed by atoms with E-state index in [-0.39, 0.29) is 12.0 Å². The van der Waals surface area contributed by atoms with Gasteiger partial charge in [0, 0.05) is 55.7 Å². The Morgan fingerprint density at radius 1 is 1.34 bits per heavy atom. The predicted octanol–water partition coefficient (Wildman–Crippen LogP) is 4.87. The Morgan fingerprint density at radius 2 is 2.17 bits per heavy atom. The van der Waals surface area contributed by atoms with Gasteiger partial charge >= 0.3 is 0 Å². The molecule has 3 aromatic rings. The maximum absolute atomic E-state index is 7.66. The maximum Gasteiger partial charge on any atom is 0.138 e. The van der Waals surface area contributed by atoms with Crippen molar-refractivity contribution in [2.75, 3.05) is 20.3 Å². The van der Waals surface area contributed by atoms with Crippen LogP contribution in [0.25, 0.3) is 22.2 Å². The number of halogens is 1. The van der Waals surface area contributed by atoms with Crippen molar-refractivity contribution in [2.24, 2.45) is 4.99 Å². The molecule has 0 bridgehead atoms. The van der Waals surface area contributed by atoms with Crippen LogP contribution in [0, 0.1) is 5.41 Å². The average molecular weight is 411 g/mol. The summed E-state index contributed by atoms with van der Waals surface area (Å²) in [5.74, 6) is 0.502. The number of hydrogen-bond donors (Lipinski definition) is 2. The van der Waals surface area contributed by atoms with Gasteiger partial charge in [0.2, 0.25) is 0 Å². The van der Waals surface area contributed by atoms with Gasteiger partial charge in [-0.1, -0.05) is 17.7 Å². The van der Waals surface area contributed by atoms with Gasteiger partial charge in [-0.05, 0) is 29.3 Å². The number of benzene rings is 1. The third kappa shape index (κ3) is 4.18. The van der Waals surface area contributed by atoms with Crippen LogP contribution in [-0.4, -0.2) is 48.8 Å². The zero-order chi connectivity index (χ0) is 20.2. The Morgan fingerprint density at radius 3 is 2.90 bits per heavy atom. The zero-order valence-corrected chi connectivity index (χ0v) is 16.9. The summed E-state index contributed by atoms with van der Waals surface area (Å²) in [7, 11) is 1.70. The number of ether oxygens (including phenoxy) is 2. The summed E-state index contributed by atoms with van der Waals surface area (Å²) in [6.45, 7) is 1.45. The summed E-state index contributed by atoms with van der Waals surface area (Å²) in [6, 6.07) is 7.91. The first-order valence-corrected chi connectivity index (χ1v) is 10.0. The molecule has 29 heavy (non-hydrogen) atoms. The number of aliphatic imine (C=N–C) groups is 1. The van der Waals surface area contributed by atoms with Gasteiger partial charge in [0.25, 0.3) is 0 Å². The summed E-state index contributed by atoms with van der Waals surface area (Å²) in [4.78, 5) is 11.8. The Balaban J connectivity index is 1.65. The standard InChI is InChI=1S/C22H23ClN4O2/c1-25-11-16(10-24)15-8-18-19(13-27-22(18)26-12-15)14-2-3-21(20(23)9-14)29-17-4-6-28-7-5-17/h2-3,8-13,16-17,24H,4-7H2,1H3,(H,26,27). The van der Waals surface area contributed by atoms with Crippen LogP contribution in [0.1, 0.15) is 24.3 Å². The molecular formula is C22H23ClN4O2. The van der Waals surface area contributed by atoms with Gasteiger partial charge in [0.1, 0.15) is 17.5 Å². The fourth-order valence-corrected chi connectivity index (χ4v) is 3.79. The van der Waals surface area contributed by atoms with Crippen LogP contribution in [0.2, 0.25) is 5.02 Å². The minimum atomic E-state index is -0.196. The Bertz CT molecular complexity index is 1040. The van der Waals surface area contributed by atoms with E-state index in [0.717, 1.165) is 53.8 Å². The fraction of sp³-hybridized carbons (Fsp3) is 0.318. The van der Waals surface area contributed by atoms with Crippen molar-refractivity contribution in [1.82, 2.24) is 9.97 Å². The molecule has 1 atom stereocenters. The molecule has 0 saturated carbocycles. The summed E-state index contributed by atoms with van der Waals surface area (Å²) >= 11 is 6.53. The van der Waals surface area contributed by atoms with Gasteiger partial charge in [-0.2, -0.15) is 0 Å². The van der Waals surface area contributed by atoms with Crippen LogP contribution < -0.4 is 4.74 Å². The van der Waals surface area contributed by atoms with E-state index in [9.17, 15) is 0 Å². The zero-order valence-electron chi connectivity index (χ0n) is 16.2. The molecular weight excluding hydrogens is 388 g/mol. The fourth-order valence-electron chi connectivity index (χ4n) is 3.56. The van der Waals surface area contributed by atoms with Crippen LogP contribution >= 0.6 is 11.6 Å². The van der Waals surface area contributed by atoms with Crippen LogP contribution in [0.3, 0.4) is 0 Å². The number of rotatable bonds is 6. The van der Waals surface area contributed by atoms with Gasteiger partial charge in [-0.3, -0.25) is 4.99 Å².